The summed E-state index contributed by atoms with van der Waals surface area (Å²) in [7, 11) is 0. The SMILES string of the molecule is c1ccc2c(-c3nc(-c4ccc5oc6ccccc6c5c4)nc(-c4cccc5ccc6ccccc6c45)n3)cccc2c1. The first kappa shape index (κ1) is 23.8. The molecule has 0 radical (unpaired) electrons. The van der Waals surface area contributed by atoms with Gasteiger partial charge in [-0.3, -0.25) is 0 Å². The highest BCUT2D eigenvalue weighted by Gasteiger charge is 2.18. The number of benzene rings is 7. The monoisotopic (exact) mass is 549 g/mol. The lowest BCUT2D eigenvalue weighted by molar-refractivity contribution is 0.669. The van der Waals surface area contributed by atoms with Gasteiger partial charge in [0.1, 0.15) is 11.2 Å². The maximum absolute atomic E-state index is 6.11. The summed E-state index contributed by atoms with van der Waals surface area (Å²) in [5.74, 6) is 1.91. The normalized spacial score (nSPS) is 11.7. The van der Waals surface area contributed by atoms with Crippen LogP contribution in [0.15, 0.2) is 144 Å². The molecule has 4 nitrogen and oxygen atoms in total. The number of furan rings is 1. The molecular formula is C39H23N3O. The van der Waals surface area contributed by atoms with E-state index in [0.29, 0.717) is 17.5 Å². The molecule has 200 valence electrons. The predicted molar refractivity (Wildman–Crippen MR) is 176 cm³/mol. The van der Waals surface area contributed by atoms with Crippen LogP contribution < -0.4 is 0 Å². The molecule has 0 fully saturated rings. The molecule has 0 aliphatic carbocycles. The summed E-state index contributed by atoms with van der Waals surface area (Å²) >= 11 is 0. The van der Waals surface area contributed by atoms with Crippen LogP contribution in [0.5, 0.6) is 0 Å². The van der Waals surface area contributed by atoms with Crippen molar-refractivity contribution in [2.45, 2.75) is 0 Å². The molecule has 2 aromatic heterocycles. The number of hydrogen-bond acceptors (Lipinski definition) is 4. The average Bonchev–Trinajstić information content (AvgIpc) is 3.45. The molecular weight excluding hydrogens is 526 g/mol. The van der Waals surface area contributed by atoms with Crippen LogP contribution in [0.3, 0.4) is 0 Å². The fourth-order valence-corrected chi connectivity index (χ4v) is 6.28. The van der Waals surface area contributed by atoms with Gasteiger partial charge in [-0.05, 0) is 51.2 Å². The zero-order valence-corrected chi connectivity index (χ0v) is 23.0. The van der Waals surface area contributed by atoms with E-state index in [-0.39, 0.29) is 0 Å². The lowest BCUT2D eigenvalue weighted by Crippen LogP contribution is -2.01. The fraction of sp³-hybridized carbons (Fsp3) is 0. The van der Waals surface area contributed by atoms with Crippen LogP contribution in [0.4, 0.5) is 0 Å². The summed E-state index contributed by atoms with van der Waals surface area (Å²) in [4.78, 5) is 15.4. The number of fused-ring (bicyclic) bond motifs is 7. The third-order valence-corrected chi connectivity index (χ3v) is 8.31. The Kier molecular flexibility index (Phi) is 5.16. The molecule has 0 unspecified atom stereocenters. The van der Waals surface area contributed by atoms with Crippen molar-refractivity contribution in [2.75, 3.05) is 0 Å². The van der Waals surface area contributed by atoms with Gasteiger partial charge in [0.15, 0.2) is 17.5 Å². The van der Waals surface area contributed by atoms with Crippen LogP contribution >= 0.6 is 0 Å². The fourth-order valence-electron chi connectivity index (χ4n) is 6.28. The van der Waals surface area contributed by atoms with Crippen molar-refractivity contribution < 1.29 is 4.42 Å². The van der Waals surface area contributed by atoms with Gasteiger partial charge in [0.05, 0.1) is 0 Å². The highest BCUT2D eigenvalue weighted by Crippen LogP contribution is 2.37. The minimum Gasteiger partial charge on any atom is -0.456 e. The van der Waals surface area contributed by atoms with Crippen LogP contribution in [-0.4, -0.2) is 15.0 Å². The summed E-state index contributed by atoms with van der Waals surface area (Å²) in [6, 6.07) is 48.1. The standard InChI is InChI=1S/C39H23N3O/c1-3-13-28-24(9-1)11-7-16-31(28)38-40-37(27-21-22-35-33(23-27)30-15-5-6-18-34(30)43-35)41-39(42-38)32-17-8-12-26-20-19-25-10-2-4-14-29(25)36(26)32/h1-23H. The van der Waals surface area contributed by atoms with Crippen molar-refractivity contribution in [3.63, 3.8) is 0 Å². The molecule has 4 heteroatoms. The van der Waals surface area contributed by atoms with E-state index in [1.807, 2.05) is 30.3 Å². The molecule has 0 bridgehead atoms. The van der Waals surface area contributed by atoms with Crippen LogP contribution in [0, 0.1) is 0 Å². The molecule has 0 atom stereocenters. The van der Waals surface area contributed by atoms with Crippen LogP contribution in [0.2, 0.25) is 0 Å². The van der Waals surface area contributed by atoms with Gasteiger partial charge in [-0.15, -0.1) is 0 Å². The van der Waals surface area contributed by atoms with Crippen LogP contribution in [-0.2, 0) is 0 Å². The summed E-state index contributed by atoms with van der Waals surface area (Å²) in [5, 5.41) is 9.01. The Labute approximate surface area is 246 Å². The zero-order chi connectivity index (χ0) is 28.3. The second kappa shape index (κ2) is 9.33. The van der Waals surface area contributed by atoms with Crippen molar-refractivity contribution in [2.24, 2.45) is 0 Å². The first-order chi connectivity index (χ1) is 21.3. The van der Waals surface area contributed by atoms with Gasteiger partial charge in [0.25, 0.3) is 0 Å². The Morgan fingerprint density at radius 3 is 1.81 bits per heavy atom. The molecule has 2 heterocycles. The van der Waals surface area contributed by atoms with Crippen molar-refractivity contribution >= 4 is 54.3 Å². The molecule has 0 spiro atoms. The number of rotatable bonds is 3. The highest BCUT2D eigenvalue weighted by molar-refractivity contribution is 6.14. The van der Waals surface area contributed by atoms with Crippen LogP contribution in [0.25, 0.3) is 88.4 Å². The zero-order valence-electron chi connectivity index (χ0n) is 23.0. The quantitative estimate of drug-likeness (QED) is 0.206. The van der Waals surface area contributed by atoms with Gasteiger partial charge in [0, 0.05) is 32.8 Å². The predicted octanol–water partition coefficient (Wildman–Crippen LogP) is 10.2. The van der Waals surface area contributed by atoms with Gasteiger partial charge >= 0.3 is 0 Å². The molecule has 9 rings (SSSR count). The second-order valence-corrected chi connectivity index (χ2v) is 10.8. The topological polar surface area (TPSA) is 51.8 Å². The molecule has 0 saturated heterocycles. The summed E-state index contributed by atoms with van der Waals surface area (Å²) in [5.41, 5.74) is 4.57. The van der Waals surface area contributed by atoms with E-state index in [9.17, 15) is 0 Å². The van der Waals surface area contributed by atoms with Crippen molar-refractivity contribution in [3.05, 3.63) is 140 Å². The Bertz CT molecular complexity index is 2520. The molecule has 7 aromatic carbocycles. The molecule has 0 saturated carbocycles. The Balaban J connectivity index is 1.35. The summed E-state index contributed by atoms with van der Waals surface area (Å²) in [6.07, 6.45) is 0. The van der Waals surface area contributed by atoms with Crippen molar-refractivity contribution in [1.82, 2.24) is 15.0 Å². The van der Waals surface area contributed by atoms with E-state index >= 15 is 0 Å². The largest absolute Gasteiger partial charge is 0.456 e. The van der Waals surface area contributed by atoms with Gasteiger partial charge < -0.3 is 4.42 Å². The lowest BCUT2D eigenvalue weighted by Gasteiger charge is -2.13. The number of hydrogen-bond donors (Lipinski definition) is 0. The molecule has 0 aliphatic rings. The first-order valence-corrected chi connectivity index (χ1v) is 14.4. The number of nitrogens with zero attached hydrogens (tertiary/aromatic N) is 3. The van der Waals surface area contributed by atoms with E-state index < -0.39 is 0 Å². The van der Waals surface area contributed by atoms with Gasteiger partial charge in [-0.2, -0.15) is 0 Å². The number of aromatic nitrogens is 3. The second-order valence-electron chi connectivity index (χ2n) is 10.8. The Hall–Kier alpha value is -5.87. The highest BCUT2D eigenvalue weighted by atomic mass is 16.3. The summed E-state index contributed by atoms with van der Waals surface area (Å²) in [6.45, 7) is 0. The van der Waals surface area contributed by atoms with E-state index in [1.165, 1.54) is 10.8 Å². The molecule has 43 heavy (non-hydrogen) atoms. The van der Waals surface area contributed by atoms with E-state index in [1.54, 1.807) is 0 Å². The van der Waals surface area contributed by atoms with Gasteiger partial charge in [0.2, 0.25) is 0 Å². The Morgan fingerprint density at radius 1 is 0.372 bits per heavy atom. The van der Waals surface area contributed by atoms with E-state index in [0.717, 1.165) is 60.2 Å². The van der Waals surface area contributed by atoms with Crippen molar-refractivity contribution in [1.29, 1.82) is 0 Å². The summed E-state index contributed by atoms with van der Waals surface area (Å²) < 4.78 is 6.11. The van der Waals surface area contributed by atoms with E-state index in [2.05, 4.69) is 109 Å². The lowest BCUT2D eigenvalue weighted by atomic mass is 9.97. The number of para-hydroxylation sites is 1. The minimum absolute atomic E-state index is 0.623. The van der Waals surface area contributed by atoms with Gasteiger partial charge in [-0.25, -0.2) is 15.0 Å². The maximum Gasteiger partial charge on any atom is 0.164 e. The minimum atomic E-state index is 0.623. The smallest absolute Gasteiger partial charge is 0.164 e. The Morgan fingerprint density at radius 2 is 0.953 bits per heavy atom. The molecule has 0 amide bonds. The average molecular weight is 550 g/mol. The molecule has 0 N–H and O–H groups in total. The van der Waals surface area contributed by atoms with E-state index in [4.69, 9.17) is 19.4 Å². The molecule has 9 aromatic rings. The first-order valence-electron chi connectivity index (χ1n) is 14.4. The van der Waals surface area contributed by atoms with Crippen molar-refractivity contribution in [3.8, 4) is 34.2 Å². The third-order valence-electron chi connectivity index (χ3n) is 8.31. The maximum atomic E-state index is 6.11. The molecule has 0 aliphatic heterocycles. The third kappa shape index (κ3) is 3.81. The van der Waals surface area contributed by atoms with Crippen LogP contribution in [0.1, 0.15) is 0 Å². The van der Waals surface area contributed by atoms with Gasteiger partial charge in [-0.1, -0.05) is 115 Å².